The first-order valence-corrected chi connectivity index (χ1v) is 7.16. The van der Waals surface area contributed by atoms with Crippen LogP contribution in [-0.4, -0.2) is 15.4 Å². The summed E-state index contributed by atoms with van der Waals surface area (Å²) in [5, 5.41) is 0. The number of hydrogen-bond donors (Lipinski definition) is 0. The lowest BCUT2D eigenvalue weighted by Gasteiger charge is -2.08. The molecule has 0 spiro atoms. The Morgan fingerprint density at radius 1 is 1.00 bits per heavy atom. The summed E-state index contributed by atoms with van der Waals surface area (Å²) in [7, 11) is 0. The molecule has 0 amide bonds. The van der Waals surface area contributed by atoms with E-state index in [1.807, 2.05) is 4.57 Å². The van der Waals surface area contributed by atoms with Gasteiger partial charge in [-0.15, -0.1) is 11.6 Å². The van der Waals surface area contributed by atoms with Crippen molar-refractivity contribution in [3.8, 4) is 0 Å². The Kier molecular flexibility index (Phi) is 3.88. The summed E-state index contributed by atoms with van der Waals surface area (Å²) in [6, 6.07) is 10.8. The standard InChI is InChI=1S/C16H13ClF2N2/c17-8-7-16-20-14-9-13(19)5-6-15(14)21(16)10-11-1-3-12(18)4-2-11/h1-6,9H,7-8,10H2. The topological polar surface area (TPSA) is 17.8 Å². The molecule has 5 heteroatoms. The number of fused-ring (bicyclic) bond motifs is 1. The monoisotopic (exact) mass is 306 g/mol. The van der Waals surface area contributed by atoms with Crippen molar-refractivity contribution >= 4 is 22.6 Å². The normalized spacial score (nSPS) is 11.2. The molecule has 1 aromatic heterocycles. The van der Waals surface area contributed by atoms with Crippen LogP contribution in [0.15, 0.2) is 42.5 Å². The number of hydrogen-bond acceptors (Lipinski definition) is 1. The lowest BCUT2D eigenvalue weighted by Crippen LogP contribution is -2.06. The number of halogens is 3. The molecule has 0 saturated heterocycles. The number of nitrogens with zero attached hydrogens (tertiary/aromatic N) is 2. The first kappa shape index (κ1) is 14.0. The van der Waals surface area contributed by atoms with Crippen LogP contribution in [0, 0.1) is 11.6 Å². The van der Waals surface area contributed by atoms with Crippen LogP contribution in [0.3, 0.4) is 0 Å². The highest BCUT2D eigenvalue weighted by Crippen LogP contribution is 2.20. The SMILES string of the molecule is Fc1ccc(Cn2c(CCCl)nc3cc(F)ccc32)cc1. The molecule has 0 unspecified atom stereocenters. The summed E-state index contributed by atoms with van der Waals surface area (Å²) >= 11 is 5.81. The number of aryl methyl sites for hydroxylation is 1. The van der Waals surface area contributed by atoms with Crippen molar-refractivity contribution in [1.29, 1.82) is 0 Å². The number of benzene rings is 2. The molecule has 3 rings (SSSR count). The van der Waals surface area contributed by atoms with E-state index in [1.165, 1.54) is 24.3 Å². The summed E-state index contributed by atoms with van der Waals surface area (Å²) in [6.07, 6.45) is 0.596. The van der Waals surface area contributed by atoms with E-state index < -0.39 is 0 Å². The molecule has 0 aliphatic rings. The van der Waals surface area contributed by atoms with Gasteiger partial charge in [-0.05, 0) is 29.8 Å². The van der Waals surface area contributed by atoms with Crippen molar-refractivity contribution in [3.05, 3.63) is 65.5 Å². The molecule has 3 aromatic rings. The largest absolute Gasteiger partial charge is 0.323 e. The Morgan fingerprint density at radius 2 is 1.71 bits per heavy atom. The van der Waals surface area contributed by atoms with E-state index in [0.717, 1.165) is 16.9 Å². The summed E-state index contributed by atoms with van der Waals surface area (Å²) in [6.45, 7) is 0.550. The van der Waals surface area contributed by atoms with Gasteiger partial charge in [0.25, 0.3) is 0 Å². The first-order chi connectivity index (χ1) is 10.2. The molecule has 0 saturated carbocycles. The highest BCUT2D eigenvalue weighted by atomic mass is 35.5. The van der Waals surface area contributed by atoms with E-state index in [0.29, 0.717) is 24.4 Å². The molecule has 2 nitrogen and oxygen atoms in total. The Labute approximate surface area is 126 Å². The van der Waals surface area contributed by atoms with Crippen LogP contribution in [0.2, 0.25) is 0 Å². The Morgan fingerprint density at radius 3 is 2.43 bits per heavy atom. The summed E-state index contributed by atoms with van der Waals surface area (Å²) < 4.78 is 28.3. The molecule has 21 heavy (non-hydrogen) atoms. The van der Waals surface area contributed by atoms with Crippen molar-refractivity contribution < 1.29 is 8.78 Å². The smallest absolute Gasteiger partial charge is 0.125 e. The van der Waals surface area contributed by atoms with Crippen LogP contribution in [-0.2, 0) is 13.0 Å². The third kappa shape index (κ3) is 2.90. The van der Waals surface area contributed by atoms with Gasteiger partial charge in [0.1, 0.15) is 17.5 Å². The third-order valence-electron chi connectivity index (χ3n) is 3.36. The van der Waals surface area contributed by atoms with Crippen molar-refractivity contribution in [3.63, 3.8) is 0 Å². The highest BCUT2D eigenvalue weighted by Gasteiger charge is 2.11. The molecule has 1 heterocycles. The molecule has 2 aromatic carbocycles. The summed E-state index contributed by atoms with van der Waals surface area (Å²) in [4.78, 5) is 4.44. The summed E-state index contributed by atoms with van der Waals surface area (Å²) in [5.74, 6) is 0.661. The first-order valence-electron chi connectivity index (χ1n) is 6.62. The second-order valence-corrected chi connectivity index (χ2v) is 5.19. The van der Waals surface area contributed by atoms with E-state index in [4.69, 9.17) is 11.6 Å². The van der Waals surface area contributed by atoms with Crippen molar-refractivity contribution in [2.75, 3.05) is 5.88 Å². The minimum absolute atomic E-state index is 0.266. The fourth-order valence-corrected chi connectivity index (χ4v) is 2.55. The van der Waals surface area contributed by atoms with E-state index >= 15 is 0 Å². The predicted octanol–water partition coefficient (Wildman–Crippen LogP) is 4.14. The Balaban J connectivity index is 2.06. The molecule has 108 valence electrons. The zero-order valence-corrected chi connectivity index (χ0v) is 11.9. The van der Waals surface area contributed by atoms with Gasteiger partial charge in [0.15, 0.2) is 0 Å². The van der Waals surface area contributed by atoms with Gasteiger partial charge in [-0.3, -0.25) is 0 Å². The predicted molar refractivity (Wildman–Crippen MR) is 79.6 cm³/mol. The molecule has 0 radical (unpaired) electrons. The van der Waals surface area contributed by atoms with Crippen LogP contribution in [0.1, 0.15) is 11.4 Å². The van der Waals surface area contributed by atoms with Gasteiger partial charge in [0.05, 0.1) is 11.0 Å². The van der Waals surface area contributed by atoms with Crippen molar-refractivity contribution in [1.82, 2.24) is 9.55 Å². The van der Waals surface area contributed by atoms with Crippen LogP contribution < -0.4 is 0 Å². The molecule has 0 N–H and O–H groups in total. The highest BCUT2D eigenvalue weighted by molar-refractivity contribution is 6.17. The average Bonchev–Trinajstić information content (AvgIpc) is 2.79. The van der Waals surface area contributed by atoms with Crippen LogP contribution in [0.25, 0.3) is 11.0 Å². The molecular weight excluding hydrogens is 294 g/mol. The lowest BCUT2D eigenvalue weighted by molar-refractivity contribution is 0.626. The maximum absolute atomic E-state index is 13.3. The number of rotatable bonds is 4. The second kappa shape index (κ2) is 5.82. The molecule has 0 fully saturated rings. The minimum Gasteiger partial charge on any atom is -0.323 e. The fraction of sp³-hybridized carbons (Fsp3) is 0.188. The fourth-order valence-electron chi connectivity index (χ4n) is 2.38. The Bertz CT molecular complexity index is 766. The van der Waals surface area contributed by atoms with Gasteiger partial charge in [-0.1, -0.05) is 12.1 Å². The van der Waals surface area contributed by atoms with E-state index in [2.05, 4.69) is 4.98 Å². The van der Waals surface area contributed by atoms with Crippen LogP contribution in [0.4, 0.5) is 8.78 Å². The van der Waals surface area contributed by atoms with Crippen molar-refractivity contribution in [2.45, 2.75) is 13.0 Å². The number of imidazole rings is 1. The molecule has 0 atom stereocenters. The van der Waals surface area contributed by atoms with E-state index in [-0.39, 0.29) is 11.6 Å². The zero-order chi connectivity index (χ0) is 14.8. The minimum atomic E-state index is -0.314. The van der Waals surface area contributed by atoms with Gasteiger partial charge in [-0.25, -0.2) is 13.8 Å². The molecule has 0 aliphatic carbocycles. The molecule has 0 bridgehead atoms. The lowest BCUT2D eigenvalue weighted by atomic mass is 10.2. The zero-order valence-electron chi connectivity index (χ0n) is 11.2. The van der Waals surface area contributed by atoms with Gasteiger partial charge < -0.3 is 4.57 Å². The van der Waals surface area contributed by atoms with Crippen molar-refractivity contribution in [2.24, 2.45) is 0 Å². The maximum atomic E-state index is 13.3. The summed E-state index contributed by atoms with van der Waals surface area (Å²) in [5.41, 5.74) is 2.41. The van der Waals surface area contributed by atoms with Crippen LogP contribution >= 0.6 is 11.6 Å². The van der Waals surface area contributed by atoms with E-state index in [9.17, 15) is 8.78 Å². The maximum Gasteiger partial charge on any atom is 0.125 e. The number of alkyl halides is 1. The van der Waals surface area contributed by atoms with Crippen LogP contribution in [0.5, 0.6) is 0 Å². The van der Waals surface area contributed by atoms with Gasteiger partial charge in [0.2, 0.25) is 0 Å². The van der Waals surface area contributed by atoms with Gasteiger partial charge in [-0.2, -0.15) is 0 Å². The third-order valence-corrected chi connectivity index (χ3v) is 3.55. The number of aromatic nitrogens is 2. The van der Waals surface area contributed by atoms with E-state index in [1.54, 1.807) is 18.2 Å². The van der Waals surface area contributed by atoms with Gasteiger partial charge in [0, 0.05) is 24.9 Å². The molecule has 0 aliphatic heterocycles. The quantitative estimate of drug-likeness (QED) is 0.662. The average molecular weight is 307 g/mol. The second-order valence-electron chi connectivity index (χ2n) is 4.81. The Hall–Kier alpha value is -1.94. The van der Waals surface area contributed by atoms with Gasteiger partial charge >= 0.3 is 0 Å². The molecular formula is C16H13ClF2N2.